The lowest BCUT2D eigenvalue weighted by molar-refractivity contribution is -0.644. The third kappa shape index (κ3) is 5.23. The molecule has 0 aliphatic carbocycles. The third-order valence-electron chi connectivity index (χ3n) is 2.14. The molecule has 0 aromatic carbocycles. The average molecular weight is 242 g/mol. The van der Waals surface area contributed by atoms with Gasteiger partial charge in [0.1, 0.15) is 0 Å². The third-order valence-corrected chi connectivity index (χ3v) is 3.02. The van der Waals surface area contributed by atoms with Crippen molar-refractivity contribution >= 4 is 22.4 Å². The van der Waals surface area contributed by atoms with E-state index in [1.165, 1.54) is 11.3 Å². The molecule has 0 saturated carbocycles. The van der Waals surface area contributed by atoms with Crippen molar-refractivity contribution in [3.05, 3.63) is 11.1 Å². The number of quaternary nitrogens is 1. The summed E-state index contributed by atoms with van der Waals surface area (Å²) in [5.41, 5.74) is 0.948. The van der Waals surface area contributed by atoms with Crippen LogP contribution in [0.1, 0.15) is 26.0 Å². The second kappa shape index (κ2) is 6.60. The first kappa shape index (κ1) is 13.1. The molecule has 1 heterocycles. The molecule has 1 aromatic rings. The number of nitrogens with two attached hydrogens (primary N) is 1. The molecule has 0 aliphatic heterocycles. The van der Waals surface area contributed by atoms with Crippen molar-refractivity contribution in [1.82, 2.24) is 4.98 Å². The first-order valence-electron chi connectivity index (χ1n) is 5.61. The van der Waals surface area contributed by atoms with Crippen molar-refractivity contribution in [2.45, 2.75) is 27.2 Å². The van der Waals surface area contributed by atoms with Gasteiger partial charge in [-0.25, -0.2) is 4.98 Å². The summed E-state index contributed by atoms with van der Waals surface area (Å²) < 4.78 is 0. The quantitative estimate of drug-likeness (QED) is 0.731. The van der Waals surface area contributed by atoms with Gasteiger partial charge in [0.2, 0.25) is 0 Å². The maximum atomic E-state index is 11.5. The smallest absolute Gasteiger partial charge is 0.281 e. The molecule has 0 atom stereocenters. The zero-order valence-corrected chi connectivity index (χ0v) is 10.9. The monoisotopic (exact) mass is 242 g/mol. The Morgan fingerprint density at radius 2 is 2.38 bits per heavy atom. The predicted molar refractivity (Wildman–Crippen MR) is 66.6 cm³/mol. The van der Waals surface area contributed by atoms with Crippen molar-refractivity contribution in [3.8, 4) is 0 Å². The fourth-order valence-corrected chi connectivity index (χ4v) is 1.97. The number of hydrogen-bond donors (Lipinski definition) is 2. The van der Waals surface area contributed by atoms with Gasteiger partial charge in [-0.15, -0.1) is 11.3 Å². The summed E-state index contributed by atoms with van der Waals surface area (Å²) in [6.07, 6.45) is 1.14. The Hall–Kier alpha value is -0.940. The Morgan fingerprint density at radius 1 is 1.62 bits per heavy atom. The minimum atomic E-state index is 0.0260. The summed E-state index contributed by atoms with van der Waals surface area (Å²) in [7, 11) is 0. The Labute approximate surface area is 100 Å². The topological polar surface area (TPSA) is 58.6 Å². The highest BCUT2D eigenvalue weighted by Crippen LogP contribution is 2.13. The molecule has 0 radical (unpaired) electrons. The average Bonchev–Trinajstić information content (AvgIpc) is 2.58. The first-order chi connectivity index (χ1) is 7.58. The molecule has 16 heavy (non-hydrogen) atoms. The van der Waals surface area contributed by atoms with Crippen molar-refractivity contribution in [2.24, 2.45) is 5.92 Å². The molecular formula is C11H20N3OS+. The number of rotatable bonds is 6. The lowest BCUT2D eigenvalue weighted by Crippen LogP contribution is -2.86. The van der Waals surface area contributed by atoms with Gasteiger partial charge < -0.3 is 5.32 Å². The van der Waals surface area contributed by atoms with Gasteiger partial charge in [0.15, 0.2) is 11.7 Å². The SMILES string of the molecule is Cc1csc(NC(=O)C[NH2+]CCC(C)C)n1. The van der Waals surface area contributed by atoms with Crippen molar-refractivity contribution in [3.63, 3.8) is 0 Å². The molecule has 1 rings (SSSR count). The molecule has 4 nitrogen and oxygen atoms in total. The van der Waals surface area contributed by atoms with Crippen LogP contribution < -0.4 is 10.6 Å². The second-order valence-corrected chi connectivity index (χ2v) is 5.16. The van der Waals surface area contributed by atoms with Crippen LogP contribution in [0.4, 0.5) is 5.13 Å². The number of thiazole rings is 1. The van der Waals surface area contributed by atoms with Gasteiger partial charge in [-0.2, -0.15) is 0 Å². The molecule has 90 valence electrons. The van der Waals surface area contributed by atoms with Crippen molar-refractivity contribution in [2.75, 3.05) is 18.4 Å². The largest absolute Gasteiger partial charge is 0.338 e. The van der Waals surface area contributed by atoms with Crippen LogP contribution in [0, 0.1) is 12.8 Å². The van der Waals surface area contributed by atoms with Gasteiger partial charge in [0.05, 0.1) is 12.2 Å². The lowest BCUT2D eigenvalue weighted by atomic mass is 10.1. The van der Waals surface area contributed by atoms with Crippen LogP contribution in [0.2, 0.25) is 0 Å². The normalized spacial score (nSPS) is 10.8. The molecule has 0 aliphatic rings. The highest BCUT2D eigenvalue weighted by atomic mass is 32.1. The lowest BCUT2D eigenvalue weighted by Gasteiger charge is -2.03. The number of carbonyl (C=O) groups excluding carboxylic acids is 1. The predicted octanol–water partition coefficient (Wildman–Crippen LogP) is 1.000. The number of aromatic nitrogens is 1. The summed E-state index contributed by atoms with van der Waals surface area (Å²) >= 11 is 1.47. The number of aryl methyl sites for hydroxylation is 1. The second-order valence-electron chi connectivity index (χ2n) is 4.31. The van der Waals surface area contributed by atoms with E-state index in [0.717, 1.165) is 18.7 Å². The number of hydrogen-bond acceptors (Lipinski definition) is 3. The van der Waals surface area contributed by atoms with E-state index in [1.807, 2.05) is 17.6 Å². The number of nitrogens with zero attached hydrogens (tertiary/aromatic N) is 1. The van der Waals surface area contributed by atoms with Gasteiger partial charge in [-0.1, -0.05) is 13.8 Å². The van der Waals surface area contributed by atoms with Crippen LogP contribution in [-0.4, -0.2) is 24.0 Å². The molecule has 0 saturated heterocycles. The zero-order valence-electron chi connectivity index (χ0n) is 10.1. The number of anilines is 1. The number of carbonyl (C=O) groups is 1. The van der Waals surface area contributed by atoms with E-state index in [1.54, 1.807) is 0 Å². The highest BCUT2D eigenvalue weighted by molar-refractivity contribution is 7.13. The van der Waals surface area contributed by atoms with Gasteiger partial charge in [0, 0.05) is 5.38 Å². The van der Waals surface area contributed by atoms with Crippen LogP contribution in [0.3, 0.4) is 0 Å². The number of amides is 1. The Balaban J connectivity index is 2.16. The summed E-state index contributed by atoms with van der Waals surface area (Å²) in [6.45, 7) is 7.77. The molecule has 1 amide bonds. The van der Waals surface area contributed by atoms with E-state index in [4.69, 9.17) is 0 Å². The van der Waals surface area contributed by atoms with Crippen LogP contribution >= 0.6 is 11.3 Å². The molecule has 3 N–H and O–H groups in total. The Kier molecular flexibility index (Phi) is 5.42. The maximum absolute atomic E-state index is 11.5. The standard InChI is InChI=1S/C11H19N3OS/c1-8(2)4-5-12-6-10(15)14-11-13-9(3)7-16-11/h7-8,12H,4-6H2,1-3H3,(H,13,14,15)/p+1. The van der Waals surface area contributed by atoms with Gasteiger partial charge in [0.25, 0.3) is 5.91 Å². The van der Waals surface area contributed by atoms with Gasteiger partial charge in [-0.3, -0.25) is 10.1 Å². The highest BCUT2D eigenvalue weighted by Gasteiger charge is 2.06. The van der Waals surface area contributed by atoms with Gasteiger partial charge in [-0.05, 0) is 19.3 Å². The first-order valence-corrected chi connectivity index (χ1v) is 6.49. The summed E-state index contributed by atoms with van der Waals surface area (Å²) in [6, 6.07) is 0. The van der Waals surface area contributed by atoms with Crippen LogP contribution in [0.5, 0.6) is 0 Å². The molecule has 0 unspecified atom stereocenters. The molecule has 1 aromatic heterocycles. The van der Waals surface area contributed by atoms with Crippen molar-refractivity contribution < 1.29 is 10.1 Å². The van der Waals surface area contributed by atoms with E-state index in [9.17, 15) is 4.79 Å². The molecule has 0 bridgehead atoms. The minimum Gasteiger partial charge on any atom is -0.338 e. The van der Waals surface area contributed by atoms with E-state index in [2.05, 4.69) is 24.1 Å². The fourth-order valence-electron chi connectivity index (χ4n) is 1.27. The Morgan fingerprint density at radius 3 is 2.94 bits per heavy atom. The summed E-state index contributed by atoms with van der Waals surface area (Å²) in [5.74, 6) is 0.721. The molecule has 5 heteroatoms. The van der Waals surface area contributed by atoms with Crippen molar-refractivity contribution in [1.29, 1.82) is 0 Å². The van der Waals surface area contributed by atoms with Crippen LogP contribution in [0.25, 0.3) is 0 Å². The zero-order chi connectivity index (χ0) is 12.0. The molecule has 0 spiro atoms. The Bertz CT molecular complexity index is 336. The summed E-state index contributed by atoms with van der Waals surface area (Å²) in [4.78, 5) is 15.7. The van der Waals surface area contributed by atoms with Gasteiger partial charge >= 0.3 is 0 Å². The molecular weight excluding hydrogens is 222 g/mol. The number of nitrogens with one attached hydrogen (secondary N) is 1. The van der Waals surface area contributed by atoms with E-state index < -0.39 is 0 Å². The van der Waals surface area contributed by atoms with Crippen LogP contribution in [0.15, 0.2) is 5.38 Å². The van der Waals surface area contributed by atoms with Crippen LogP contribution in [-0.2, 0) is 4.79 Å². The van der Waals surface area contributed by atoms with E-state index in [0.29, 0.717) is 17.6 Å². The van der Waals surface area contributed by atoms with E-state index >= 15 is 0 Å². The maximum Gasteiger partial charge on any atom is 0.281 e. The fraction of sp³-hybridized carbons (Fsp3) is 0.636. The summed E-state index contributed by atoms with van der Waals surface area (Å²) in [5, 5.41) is 7.45. The molecule has 0 fully saturated rings. The minimum absolute atomic E-state index is 0.0260. The van der Waals surface area contributed by atoms with E-state index in [-0.39, 0.29) is 5.91 Å².